The molecular formula is C16H25BrN3O2+. The van der Waals surface area contributed by atoms with Gasteiger partial charge in [0.15, 0.2) is 13.1 Å². The van der Waals surface area contributed by atoms with Crippen molar-refractivity contribution in [2.45, 2.75) is 20.8 Å². The monoisotopic (exact) mass is 370 g/mol. The number of quaternary nitrogens is 1. The summed E-state index contributed by atoms with van der Waals surface area (Å²) in [5, 5.41) is 2.86. The Bertz CT molecular complexity index is 530. The van der Waals surface area contributed by atoms with E-state index in [2.05, 4.69) is 21.2 Å². The van der Waals surface area contributed by atoms with Gasteiger partial charge in [0.2, 0.25) is 0 Å². The second-order valence-electron chi connectivity index (χ2n) is 5.39. The summed E-state index contributed by atoms with van der Waals surface area (Å²) in [6.45, 7) is 7.90. The number of likely N-dealkylation sites (N-methyl/N-ethyl adjacent to an activating group) is 2. The Balaban J connectivity index is 2.50. The number of nitrogens with one attached hydrogen (secondary N) is 2. The Hall–Kier alpha value is -1.40. The third kappa shape index (κ3) is 5.77. The Morgan fingerprint density at radius 1 is 1.23 bits per heavy atom. The molecule has 6 heteroatoms. The van der Waals surface area contributed by atoms with Crippen LogP contribution < -0.4 is 10.2 Å². The number of aryl methyl sites for hydroxylation is 1. The predicted molar refractivity (Wildman–Crippen MR) is 92.1 cm³/mol. The fourth-order valence-electron chi connectivity index (χ4n) is 2.16. The Labute approximate surface area is 140 Å². The number of rotatable bonds is 7. The van der Waals surface area contributed by atoms with Crippen molar-refractivity contribution in [1.82, 2.24) is 4.90 Å². The van der Waals surface area contributed by atoms with Crippen LogP contribution in [0.25, 0.3) is 0 Å². The third-order valence-corrected chi connectivity index (χ3v) is 4.34. The summed E-state index contributed by atoms with van der Waals surface area (Å²) < 4.78 is 0.961. The molecule has 1 aromatic carbocycles. The van der Waals surface area contributed by atoms with E-state index in [9.17, 15) is 9.59 Å². The molecule has 0 aliphatic heterocycles. The van der Waals surface area contributed by atoms with Crippen molar-refractivity contribution in [3.8, 4) is 0 Å². The molecule has 2 N–H and O–H groups in total. The molecule has 0 spiro atoms. The second-order valence-corrected chi connectivity index (χ2v) is 6.24. The van der Waals surface area contributed by atoms with Gasteiger partial charge in [-0.3, -0.25) is 9.59 Å². The highest BCUT2D eigenvalue weighted by atomic mass is 79.9. The zero-order valence-corrected chi connectivity index (χ0v) is 15.3. The van der Waals surface area contributed by atoms with Crippen LogP contribution in [0.1, 0.15) is 19.4 Å². The van der Waals surface area contributed by atoms with Crippen molar-refractivity contribution in [2.24, 2.45) is 0 Å². The number of amides is 2. The van der Waals surface area contributed by atoms with Gasteiger partial charge in [-0.2, -0.15) is 0 Å². The molecule has 0 bridgehead atoms. The van der Waals surface area contributed by atoms with Gasteiger partial charge in [-0.25, -0.2) is 0 Å². The summed E-state index contributed by atoms with van der Waals surface area (Å²) in [5.41, 5.74) is 1.87. The third-order valence-electron chi connectivity index (χ3n) is 3.49. The topological polar surface area (TPSA) is 53.9 Å². The molecule has 0 aliphatic rings. The highest BCUT2D eigenvalue weighted by Gasteiger charge is 2.17. The smallest absolute Gasteiger partial charge is 0.279 e. The molecule has 122 valence electrons. The van der Waals surface area contributed by atoms with Crippen molar-refractivity contribution in [2.75, 3.05) is 38.5 Å². The summed E-state index contributed by atoms with van der Waals surface area (Å²) in [4.78, 5) is 26.7. The minimum absolute atomic E-state index is 0.0772. The van der Waals surface area contributed by atoms with E-state index in [-0.39, 0.29) is 18.4 Å². The molecule has 0 saturated heterocycles. The highest BCUT2D eigenvalue weighted by molar-refractivity contribution is 9.10. The number of anilines is 1. The van der Waals surface area contributed by atoms with Gasteiger partial charge in [-0.1, -0.05) is 22.0 Å². The fourth-order valence-corrected chi connectivity index (χ4v) is 2.54. The van der Waals surface area contributed by atoms with Gasteiger partial charge in [0.05, 0.1) is 7.05 Å². The van der Waals surface area contributed by atoms with Gasteiger partial charge in [0, 0.05) is 23.2 Å². The maximum absolute atomic E-state index is 12.0. The quantitative estimate of drug-likeness (QED) is 0.754. The Morgan fingerprint density at radius 2 is 1.86 bits per heavy atom. The van der Waals surface area contributed by atoms with Gasteiger partial charge in [0.1, 0.15) is 0 Å². The zero-order valence-electron chi connectivity index (χ0n) is 13.7. The number of carbonyl (C=O) groups excluding carboxylic acids is 2. The standard InChI is InChI=1S/C16H24BrN3O2/c1-5-20(6-2)16(22)11-19(4)10-15(21)18-13-8-7-12(3)14(17)9-13/h7-9H,5-6,10-11H2,1-4H3,(H,18,21)/p+1. The van der Waals surface area contributed by atoms with E-state index in [0.717, 1.165) is 20.6 Å². The minimum Gasteiger partial charge on any atom is -0.338 e. The number of hydrogen-bond acceptors (Lipinski definition) is 2. The molecule has 0 aliphatic carbocycles. The van der Waals surface area contributed by atoms with Crippen LogP contribution in [-0.4, -0.2) is 49.9 Å². The van der Waals surface area contributed by atoms with Crippen LogP contribution in [0, 0.1) is 6.92 Å². The van der Waals surface area contributed by atoms with E-state index in [4.69, 9.17) is 0 Å². The molecule has 22 heavy (non-hydrogen) atoms. The van der Waals surface area contributed by atoms with Gasteiger partial charge >= 0.3 is 0 Å². The largest absolute Gasteiger partial charge is 0.338 e. The maximum atomic E-state index is 12.0. The number of carbonyl (C=O) groups is 2. The van der Waals surface area contributed by atoms with Crippen LogP contribution in [0.2, 0.25) is 0 Å². The first-order chi connectivity index (χ1) is 10.4. The lowest BCUT2D eigenvalue weighted by Crippen LogP contribution is -3.11. The Kier molecular flexibility index (Phi) is 7.55. The summed E-state index contributed by atoms with van der Waals surface area (Å²) in [6.07, 6.45) is 0. The predicted octanol–water partition coefficient (Wildman–Crippen LogP) is 1.08. The SMILES string of the molecule is CCN(CC)C(=O)C[NH+](C)CC(=O)Nc1ccc(C)c(Br)c1. The molecule has 0 radical (unpaired) electrons. The van der Waals surface area contributed by atoms with Crippen molar-refractivity contribution < 1.29 is 14.5 Å². The first-order valence-electron chi connectivity index (χ1n) is 7.52. The van der Waals surface area contributed by atoms with Crippen LogP contribution in [0.5, 0.6) is 0 Å². The first-order valence-corrected chi connectivity index (χ1v) is 8.31. The normalized spacial score (nSPS) is 11.9. The second kappa shape index (κ2) is 8.90. The van der Waals surface area contributed by atoms with Crippen LogP contribution >= 0.6 is 15.9 Å². The van der Waals surface area contributed by atoms with Crippen molar-refractivity contribution in [3.63, 3.8) is 0 Å². The van der Waals surface area contributed by atoms with Crippen LogP contribution in [-0.2, 0) is 9.59 Å². The van der Waals surface area contributed by atoms with Crippen LogP contribution in [0.3, 0.4) is 0 Å². The van der Waals surface area contributed by atoms with Gasteiger partial charge in [-0.05, 0) is 38.5 Å². The molecule has 5 nitrogen and oxygen atoms in total. The molecule has 1 rings (SSSR count). The van der Waals surface area contributed by atoms with Crippen molar-refractivity contribution >= 4 is 33.4 Å². The van der Waals surface area contributed by atoms with Gasteiger partial charge in [0.25, 0.3) is 11.8 Å². The molecule has 0 heterocycles. The molecular weight excluding hydrogens is 346 g/mol. The summed E-state index contributed by atoms with van der Waals surface area (Å²) >= 11 is 3.44. The van der Waals surface area contributed by atoms with Gasteiger partial charge in [-0.15, -0.1) is 0 Å². The van der Waals surface area contributed by atoms with Crippen LogP contribution in [0.15, 0.2) is 22.7 Å². The van der Waals surface area contributed by atoms with E-state index in [1.54, 1.807) is 4.90 Å². The Morgan fingerprint density at radius 3 is 2.41 bits per heavy atom. The minimum atomic E-state index is -0.0967. The summed E-state index contributed by atoms with van der Waals surface area (Å²) in [6, 6.07) is 5.69. The molecule has 0 fully saturated rings. The average molecular weight is 371 g/mol. The van der Waals surface area contributed by atoms with E-state index in [1.807, 2.05) is 46.0 Å². The zero-order chi connectivity index (χ0) is 16.7. The van der Waals surface area contributed by atoms with Gasteiger partial charge < -0.3 is 15.1 Å². The number of hydrogen-bond donors (Lipinski definition) is 2. The number of nitrogens with zero attached hydrogens (tertiary/aromatic N) is 1. The van der Waals surface area contributed by atoms with E-state index >= 15 is 0 Å². The fraction of sp³-hybridized carbons (Fsp3) is 0.500. The van der Waals surface area contributed by atoms with Crippen molar-refractivity contribution in [1.29, 1.82) is 0 Å². The first kappa shape index (κ1) is 18.6. The summed E-state index contributed by atoms with van der Waals surface area (Å²) in [5.74, 6) is -0.0195. The molecule has 2 amide bonds. The lowest BCUT2D eigenvalue weighted by atomic mass is 10.2. The lowest BCUT2D eigenvalue weighted by molar-refractivity contribution is -0.862. The molecule has 1 aromatic rings. The number of halogens is 1. The van der Waals surface area contributed by atoms with Crippen molar-refractivity contribution in [3.05, 3.63) is 28.2 Å². The summed E-state index contributed by atoms with van der Waals surface area (Å²) in [7, 11) is 1.85. The highest BCUT2D eigenvalue weighted by Crippen LogP contribution is 2.20. The van der Waals surface area contributed by atoms with E-state index in [0.29, 0.717) is 19.6 Å². The van der Waals surface area contributed by atoms with Crippen LogP contribution in [0.4, 0.5) is 5.69 Å². The van der Waals surface area contributed by atoms with E-state index in [1.165, 1.54) is 0 Å². The molecule has 0 saturated carbocycles. The molecule has 1 unspecified atom stereocenters. The van der Waals surface area contributed by atoms with E-state index < -0.39 is 0 Å². The molecule has 0 aromatic heterocycles. The molecule has 1 atom stereocenters. The number of benzene rings is 1. The maximum Gasteiger partial charge on any atom is 0.279 e. The lowest BCUT2D eigenvalue weighted by Gasteiger charge is -2.20. The average Bonchev–Trinajstić information content (AvgIpc) is 2.43.